The zero-order valence-corrected chi connectivity index (χ0v) is 16.5. The van der Waals surface area contributed by atoms with Gasteiger partial charge in [-0.3, -0.25) is 19.3 Å². The van der Waals surface area contributed by atoms with Crippen molar-refractivity contribution in [3.63, 3.8) is 0 Å². The van der Waals surface area contributed by atoms with Crippen molar-refractivity contribution in [2.24, 2.45) is 0 Å². The van der Waals surface area contributed by atoms with E-state index < -0.39 is 0 Å². The Balaban J connectivity index is 1.60. The number of methoxy groups -OCH3 is 1. The number of amides is 3. The van der Waals surface area contributed by atoms with Gasteiger partial charge in [0, 0.05) is 19.6 Å². The number of carbonyl (C=O) groups excluding carboxylic acids is 3. The van der Waals surface area contributed by atoms with Gasteiger partial charge in [0.15, 0.2) is 0 Å². The average Bonchev–Trinajstić information content (AvgIpc) is 3.37. The van der Waals surface area contributed by atoms with E-state index in [0.29, 0.717) is 28.0 Å². The van der Waals surface area contributed by atoms with Crippen LogP contribution in [0.25, 0.3) is 0 Å². The lowest BCUT2D eigenvalue weighted by molar-refractivity contribution is 0.0642. The van der Waals surface area contributed by atoms with Crippen LogP contribution in [0.1, 0.15) is 43.1 Å². The summed E-state index contributed by atoms with van der Waals surface area (Å²) in [7, 11) is 3.31. The normalized spacial score (nSPS) is 18.1. The summed E-state index contributed by atoms with van der Waals surface area (Å²) in [6, 6.07) is 12.1. The number of benzene rings is 2. The first-order valence-electron chi connectivity index (χ1n) is 9.61. The van der Waals surface area contributed by atoms with Crippen molar-refractivity contribution in [1.82, 2.24) is 15.1 Å². The van der Waals surface area contributed by atoms with Crippen LogP contribution in [0.2, 0.25) is 0 Å². The molecule has 2 aromatic carbocycles. The number of ether oxygens (including phenoxy) is 1. The van der Waals surface area contributed by atoms with Crippen LogP contribution >= 0.6 is 0 Å². The number of nitrogens with zero attached hydrogens (tertiary/aromatic N) is 2. The van der Waals surface area contributed by atoms with E-state index in [4.69, 9.17) is 4.74 Å². The first-order valence-corrected chi connectivity index (χ1v) is 9.61. The highest BCUT2D eigenvalue weighted by atomic mass is 16.5. The molecule has 7 heteroatoms. The minimum absolute atomic E-state index is 0.102. The van der Waals surface area contributed by atoms with Crippen molar-refractivity contribution in [3.05, 3.63) is 64.7 Å². The Morgan fingerprint density at radius 2 is 1.86 bits per heavy atom. The van der Waals surface area contributed by atoms with Crippen molar-refractivity contribution < 1.29 is 19.1 Å². The van der Waals surface area contributed by atoms with Gasteiger partial charge in [-0.2, -0.15) is 0 Å². The standard InChI is InChI=1S/C22H23N3O4/c1-24(15-9-10-23-12-15)20(26)18-11-14(7-8-19(18)29-2)13-25-21(27)16-5-3-4-6-17(16)22(25)28/h3-8,11,15,23H,9-10,12-13H2,1-2H3. The summed E-state index contributed by atoms with van der Waals surface area (Å²) in [5, 5.41) is 3.26. The van der Waals surface area contributed by atoms with Gasteiger partial charge in [0.05, 0.1) is 30.3 Å². The number of fused-ring (bicyclic) bond motifs is 1. The minimum Gasteiger partial charge on any atom is -0.496 e. The largest absolute Gasteiger partial charge is 0.496 e. The third kappa shape index (κ3) is 3.38. The molecular weight excluding hydrogens is 370 g/mol. The number of nitrogens with one attached hydrogen (secondary N) is 1. The van der Waals surface area contributed by atoms with Crippen LogP contribution in [-0.2, 0) is 6.54 Å². The quantitative estimate of drug-likeness (QED) is 0.786. The summed E-state index contributed by atoms with van der Waals surface area (Å²) in [4.78, 5) is 41.3. The molecule has 7 nitrogen and oxygen atoms in total. The molecule has 1 saturated heterocycles. The Labute approximate surface area is 169 Å². The zero-order valence-electron chi connectivity index (χ0n) is 16.5. The van der Waals surface area contributed by atoms with E-state index in [1.54, 1.807) is 54.4 Å². The maximum atomic E-state index is 13.1. The summed E-state index contributed by atoms with van der Waals surface area (Å²) in [5.74, 6) is -0.300. The lowest BCUT2D eigenvalue weighted by Crippen LogP contribution is -2.38. The predicted molar refractivity (Wildman–Crippen MR) is 107 cm³/mol. The number of rotatable bonds is 5. The number of hydrogen-bond donors (Lipinski definition) is 1. The van der Waals surface area contributed by atoms with Crippen LogP contribution in [0.3, 0.4) is 0 Å². The highest BCUT2D eigenvalue weighted by Gasteiger charge is 2.35. The Bertz CT molecular complexity index is 947. The van der Waals surface area contributed by atoms with Gasteiger partial charge in [-0.1, -0.05) is 18.2 Å². The van der Waals surface area contributed by atoms with Crippen molar-refractivity contribution in [3.8, 4) is 5.75 Å². The van der Waals surface area contributed by atoms with E-state index in [-0.39, 0.29) is 30.3 Å². The fourth-order valence-corrected chi connectivity index (χ4v) is 3.91. The van der Waals surface area contributed by atoms with E-state index >= 15 is 0 Å². The van der Waals surface area contributed by atoms with Crippen LogP contribution in [0, 0.1) is 0 Å². The van der Waals surface area contributed by atoms with Gasteiger partial charge in [-0.15, -0.1) is 0 Å². The maximum Gasteiger partial charge on any atom is 0.261 e. The molecule has 0 saturated carbocycles. The summed E-state index contributed by atoms with van der Waals surface area (Å²) >= 11 is 0. The Morgan fingerprint density at radius 3 is 2.45 bits per heavy atom. The molecule has 4 rings (SSSR count). The topological polar surface area (TPSA) is 79.0 Å². The van der Waals surface area contributed by atoms with Crippen molar-refractivity contribution in [1.29, 1.82) is 0 Å². The maximum absolute atomic E-state index is 13.1. The molecule has 1 N–H and O–H groups in total. The molecule has 0 aromatic heterocycles. The molecule has 1 unspecified atom stereocenters. The Hall–Kier alpha value is -3.19. The average molecular weight is 393 g/mol. The third-order valence-electron chi connectivity index (χ3n) is 5.62. The Kier molecular flexibility index (Phi) is 5.07. The van der Waals surface area contributed by atoms with Crippen LogP contribution < -0.4 is 10.1 Å². The van der Waals surface area contributed by atoms with Gasteiger partial charge >= 0.3 is 0 Å². The van der Waals surface area contributed by atoms with Gasteiger partial charge < -0.3 is 15.0 Å². The molecule has 29 heavy (non-hydrogen) atoms. The van der Waals surface area contributed by atoms with E-state index in [9.17, 15) is 14.4 Å². The second-order valence-electron chi connectivity index (χ2n) is 7.34. The molecule has 3 amide bonds. The smallest absolute Gasteiger partial charge is 0.261 e. The molecule has 2 aliphatic rings. The lowest BCUT2D eigenvalue weighted by Gasteiger charge is -2.25. The molecule has 2 heterocycles. The van der Waals surface area contributed by atoms with Crippen LogP contribution in [-0.4, -0.2) is 60.8 Å². The molecule has 2 aliphatic heterocycles. The molecule has 0 bridgehead atoms. The van der Waals surface area contributed by atoms with Gasteiger partial charge in [-0.25, -0.2) is 0 Å². The molecule has 150 valence electrons. The molecular formula is C22H23N3O4. The predicted octanol–water partition coefficient (Wildman–Crippen LogP) is 1.93. The number of carbonyl (C=O) groups is 3. The second-order valence-corrected chi connectivity index (χ2v) is 7.34. The van der Waals surface area contributed by atoms with Crippen molar-refractivity contribution in [2.75, 3.05) is 27.2 Å². The zero-order chi connectivity index (χ0) is 20.5. The summed E-state index contributed by atoms with van der Waals surface area (Å²) in [6.45, 7) is 1.75. The summed E-state index contributed by atoms with van der Waals surface area (Å²) < 4.78 is 5.39. The second kappa shape index (κ2) is 7.67. The van der Waals surface area contributed by atoms with E-state index in [0.717, 1.165) is 19.5 Å². The van der Waals surface area contributed by atoms with Crippen LogP contribution in [0.15, 0.2) is 42.5 Å². The van der Waals surface area contributed by atoms with Gasteiger partial charge in [0.1, 0.15) is 5.75 Å². The molecule has 1 atom stereocenters. The van der Waals surface area contributed by atoms with Crippen molar-refractivity contribution in [2.45, 2.75) is 19.0 Å². The first kappa shape index (κ1) is 19.1. The highest BCUT2D eigenvalue weighted by molar-refractivity contribution is 6.21. The molecule has 0 spiro atoms. The van der Waals surface area contributed by atoms with Gasteiger partial charge in [0.2, 0.25) is 0 Å². The number of hydrogen-bond acceptors (Lipinski definition) is 5. The fourth-order valence-electron chi connectivity index (χ4n) is 3.91. The monoisotopic (exact) mass is 393 g/mol. The summed E-state index contributed by atoms with van der Waals surface area (Å²) in [6.07, 6.45) is 0.902. The minimum atomic E-state index is -0.316. The summed E-state index contributed by atoms with van der Waals surface area (Å²) in [5.41, 5.74) is 1.95. The van der Waals surface area contributed by atoms with Gasteiger partial charge in [0.25, 0.3) is 17.7 Å². The van der Waals surface area contributed by atoms with Crippen molar-refractivity contribution >= 4 is 17.7 Å². The van der Waals surface area contributed by atoms with E-state index in [1.807, 2.05) is 0 Å². The third-order valence-corrected chi connectivity index (χ3v) is 5.62. The van der Waals surface area contributed by atoms with Crippen LogP contribution in [0.5, 0.6) is 5.75 Å². The Morgan fingerprint density at radius 1 is 1.17 bits per heavy atom. The van der Waals surface area contributed by atoms with Gasteiger partial charge in [-0.05, 0) is 42.8 Å². The van der Waals surface area contributed by atoms with E-state index in [2.05, 4.69) is 5.32 Å². The molecule has 1 fully saturated rings. The molecule has 0 radical (unpaired) electrons. The van der Waals surface area contributed by atoms with Crippen LogP contribution in [0.4, 0.5) is 0 Å². The van der Waals surface area contributed by atoms with E-state index in [1.165, 1.54) is 12.0 Å². The highest BCUT2D eigenvalue weighted by Crippen LogP contribution is 2.27. The molecule has 0 aliphatic carbocycles. The fraction of sp³-hybridized carbons (Fsp3) is 0.318. The lowest BCUT2D eigenvalue weighted by atomic mass is 10.1. The number of likely N-dealkylation sites (N-methyl/N-ethyl adjacent to an activating group) is 1. The first-order chi connectivity index (χ1) is 14.0. The number of imide groups is 1. The SMILES string of the molecule is COc1ccc(CN2C(=O)c3ccccc3C2=O)cc1C(=O)N(C)C1CCNC1. The molecule has 2 aromatic rings.